The topological polar surface area (TPSA) is 91.6 Å². The summed E-state index contributed by atoms with van der Waals surface area (Å²) in [5.41, 5.74) is 1.63. The van der Waals surface area contributed by atoms with Gasteiger partial charge in [0, 0.05) is 38.6 Å². The monoisotopic (exact) mass is 409 g/mol. The van der Waals surface area contributed by atoms with Crippen LogP contribution in [0.25, 0.3) is 11.0 Å². The van der Waals surface area contributed by atoms with E-state index < -0.39 is 17.7 Å². The van der Waals surface area contributed by atoms with Gasteiger partial charge in [-0.15, -0.1) is 0 Å². The van der Waals surface area contributed by atoms with Crippen LogP contribution in [0.1, 0.15) is 13.8 Å². The lowest BCUT2D eigenvalue weighted by atomic mass is 10.2. The first-order valence-corrected chi connectivity index (χ1v) is 8.18. The fourth-order valence-corrected chi connectivity index (χ4v) is 3.00. The third-order valence-corrected chi connectivity index (χ3v) is 4.51. The van der Waals surface area contributed by atoms with Gasteiger partial charge in [0.1, 0.15) is 0 Å². The summed E-state index contributed by atoms with van der Waals surface area (Å²) in [6.07, 6.45) is 1.23. The fraction of sp³-hybridized carbons (Fsp3) is 0.312. The number of ether oxygens (including phenoxy) is 2. The zero-order chi connectivity index (χ0) is 18.5. The molecule has 0 spiro atoms. The number of benzene rings is 1. The summed E-state index contributed by atoms with van der Waals surface area (Å²) < 4.78 is 13.8. The lowest BCUT2D eigenvalue weighted by Gasteiger charge is -2.29. The molecule has 0 amide bonds. The minimum atomic E-state index is -1.28. The molecule has 0 saturated carbocycles. The molecule has 0 bridgehead atoms. The van der Waals surface area contributed by atoms with Gasteiger partial charge in [-0.1, -0.05) is 0 Å². The second kappa shape index (κ2) is 5.76. The summed E-state index contributed by atoms with van der Waals surface area (Å²) in [5.74, 6) is -2.82. The smallest absolute Gasteiger partial charge is 0.350 e. The molecule has 1 N–H and O–H groups in total. The molecule has 0 atom stereocenters. The predicted octanol–water partition coefficient (Wildman–Crippen LogP) is 1.77. The van der Waals surface area contributed by atoms with Crippen molar-refractivity contribution in [1.29, 1.82) is 0 Å². The maximum Gasteiger partial charge on any atom is 0.350 e. The first-order valence-electron chi connectivity index (χ1n) is 7.39. The van der Waals surface area contributed by atoms with Crippen LogP contribution >= 0.6 is 15.9 Å². The van der Waals surface area contributed by atoms with E-state index in [1.165, 1.54) is 29.2 Å². The van der Waals surface area contributed by atoms with Gasteiger partial charge < -0.3 is 14.8 Å². The first-order chi connectivity index (χ1) is 11.6. The van der Waals surface area contributed by atoms with Gasteiger partial charge in [-0.3, -0.25) is 9.13 Å². The van der Waals surface area contributed by atoms with Crippen molar-refractivity contribution >= 4 is 44.6 Å². The van der Waals surface area contributed by atoms with Gasteiger partial charge in [0.25, 0.3) is 5.79 Å². The second-order valence-electron chi connectivity index (χ2n) is 6.10. The van der Waals surface area contributed by atoms with Crippen molar-refractivity contribution < 1.29 is 19.1 Å². The Labute approximate surface area is 151 Å². The van der Waals surface area contributed by atoms with E-state index in [4.69, 9.17) is 9.47 Å². The summed E-state index contributed by atoms with van der Waals surface area (Å²) in [7, 11) is 3.35. The molecule has 1 saturated heterocycles. The second-order valence-corrected chi connectivity index (χ2v) is 6.96. The number of cyclic esters (lactones) is 2. The highest BCUT2D eigenvalue weighted by Gasteiger charge is 2.38. The third-order valence-electron chi connectivity index (χ3n) is 3.85. The van der Waals surface area contributed by atoms with Crippen LogP contribution < -0.4 is 11.0 Å². The fourth-order valence-electron chi connectivity index (χ4n) is 2.56. The number of aryl methyl sites for hydroxylation is 2. The van der Waals surface area contributed by atoms with Crippen molar-refractivity contribution in [2.45, 2.75) is 19.6 Å². The Morgan fingerprint density at radius 3 is 2.12 bits per heavy atom. The van der Waals surface area contributed by atoms with E-state index in [2.05, 4.69) is 21.2 Å². The number of aromatic nitrogens is 2. The van der Waals surface area contributed by atoms with E-state index >= 15 is 0 Å². The van der Waals surface area contributed by atoms with Crippen LogP contribution in [-0.2, 0) is 33.2 Å². The number of rotatable bonds is 2. The Morgan fingerprint density at radius 1 is 1.04 bits per heavy atom. The number of nitrogens with zero attached hydrogens (tertiary/aromatic N) is 2. The molecule has 0 aliphatic carbocycles. The highest BCUT2D eigenvalue weighted by molar-refractivity contribution is 9.10. The molecule has 0 radical (unpaired) electrons. The number of hydrogen-bond donors (Lipinski definition) is 1. The number of imidazole rings is 1. The molecule has 1 aliphatic heterocycles. The van der Waals surface area contributed by atoms with E-state index in [0.717, 1.165) is 5.52 Å². The first kappa shape index (κ1) is 17.3. The summed E-state index contributed by atoms with van der Waals surface area (Å²) in [4.78, 5) is 35.9. The van der Waals surface area contributed by atoms with Crippen LogP contribution in [-0.4, -0.2) is 26.9 Å². The number of fused-ring (bicyclic) bond motifs is 1. The Kier molecular flexibility index (Phi) is 3.98. The molecular formula is C16H16BrN3O5. The molecule has 1 aromatic carbocycles. The van der Waals surface area contributed by atoms with Crippen LogP contribution in [0.3, 0.4) is 0 Å². The van der Waals surface area contributed by atoms with Crippen molar-refractivity contribution in [1.82, 2.24) is 9.13 Å². The van der Waals surface area contributed by atoms with Gasteiger partial charge in [0.15, 0.2) is 5.57 Å². The number of hydrogen-bond acceptors (Lipinski definition) is 6. The molecule has 25 heavy (non-hydrogen) atoms. The van der Waals surface area contributed by atoms with E-state index in [1.54, 1.807) is 26.2 Å². The van der Waals surface area contributed by atoms with E-state index in [0.29, 0.717) is 15.7 Å². The lowest BCUT2D eigenvalue weighted by Crippen LogP contribution is -2.42. The molecule has 3 rings (SSSR count). The Hall–Kier alpha value is -2.55. The van der Waals surface area contributed by atoms with E-state index in [-0.39, 0.29) is 11.3 Å². The Morgan fingerprint density at radius 2 is 1.56 bits per heavy atom. The largest absolute Gasteiger partial charge is 0.419 e. The number of anilines is 1. The predicted molar refractivity (Wildman–Crippen MR) is 93.8 cm³/mol. The summed E-state index contributed by atoms with van der Waals surface area (Å²) in [6.45, 7) is 2.96. The molecule has 8 nitrogen and oxygen atoms in total. The van der Waals surface area contributed by atoms with Crippen LogP contribution in [0, 0.1) is 0 Å². The summed E-state index contributed by atoms with van der Waals surface area (Å²) >= 11 is 3.41. The van der Waals surface area contributed by atoms with Crippen LogP contribution in [0.2, 0.25) is 0 Å². The van der Waals surface area contributed by atoms with Crippen LogP contribution in [0.4, 0.5) is 5.69 Å². The zero-order valence-electron chi connectivity index (χ0n) is 14.0. The van der Waals surface area contributed by atoms with Gasteiger partial charge in [-0.25, -0.2) is 14.4 Å². The van der Waals surface area contributed by atoms with Crippen LogP contribution in [0.15, 0.2) is 33.2 Å². The lowest BCUT2D eigenvalue weighted by molar-refractivity contribution is -0.222. The van der Waals surface area contributed by atoms with Gasteiger partial charge in [-0.2, -0.15) is 0 Å². The quantitative estimate of drug-likeness (QED) is 0.461. The molecular weight excluding hydrogens is 394 g/mol. The third kappa shape index (κ3) is 2.95. The maximum absolute atomic E-state index is 12.0. The van der Waals surface area contributed by atoms with Crippen molar-refractivity contribution in [3.8, 4) is 0 Å². The van der Waals surface area contributed by atoms with Crippen LogP contribution in [0.5, 0.6) is 0 Å². The average molecular weight is 410 g/mol. The normalized spacial score (nSPS) is 16.6. The summed E-state index contributed by atoms with van der Waals surface area (Å²) in [5, 5.41) is 2.88. The number of esters is 2. The standard InChI is InChI=1S/C16H16BrN3O5/c1-16(2)24-13(21)8(14(22)25-16)7-18-10-6-12-11(5-9(10)17)19(3)15(23)20(12)4/h5-7,18H,1-4H3. The average Bonchev–Trinajstić information content (AvgIpc) is 2.70. The molecule has 0 unspecified atom stereocenters. The SMILES string of the molecule is Cn1c(=O)n(C)c2cc(NC=C3C(=O)OC(C)(C)OC3=O)c(Br)cc21. The Balaban J connectivity index is 1.97. The maximum atomic E-state index is 12.0. The minimum Gasteiger partial charge on any atom is -0.419 e. The zero-order valence-corrected chi connectivity index (χ0v) is 15.6. The number of halogens is 1. The molecule has 2 aromatic rings. The Bertz CT molecular complexity index is 977. The summed E-state index contributed by atoms with van der Waals surface area (Å²) in [6, 6.07) is 3.51. The molecule has 1 aliphatic rings. The van der Waals surface area contributed by atoms with E-state index in [1.807, 2.05) is 0 Å². The highest BCUT2D eigenvalue weighted by Crippen LogP contribution is 2.29. The van der Waals surface area contributed by atoms with Gasteiger partial charge in [-0.05, 0) is 28.1 Å². The molecule has 9 heteroatoms. The van der Waals surface area contributed by atoms with Crippen molar-refractivity contribution in [3.63, 3.8) is 0 Å². The molecule has 132 valence electrons. The van der Waals surface area contributed by atoms with Crippen molar-refractivity contribution in [3.05, 3.63) is 38.9 Å². The minimum absolute atomic E-state index is 0.154. The number of carbonyl (C=O) groups is 2. The molecule has 2 heterocycles. The highest BCUT2D eigenvalue weighted by atomic mass is 79.9. The van der Waals surface area contributed by atoms with Gasteiger partial charge in [0.05, 0.1) is 16.7 Å². The number of carbonyl (C=O) groups excluding carboxylic acids is 2. The van der Waals surface area contributed by atoms with Gasteiger partial charge >= 0.3 is 17.6 Å². The van der Waals surface area contributed by atoms with Crippen molar-refractivity contribution in [2.75, 3.05) is 5.32 Å². The van der Waals surface area contributed by atoms with Gasteiger partial charge in [0.2, 0.25) is 0 Å². The van der Waals surface area contributed by atoms with Crippen molar-refractivity contribution in [2.24, 2.45) is 14.1 Å². The number of nitrogens with one attached hydrogen (secondary N) is 1. The van der Waals surface area contributed by atoms with E-state index in [9.17, 15) is 14.4 Å². The molecule has 1 aromatic heterocycles. The molecule has 1 fully saturated rings.